The maximum atomic E-state index is 6.15. The molecule has 120 valence electrons. The minimum absolute atomic E-state index is 0.378. The molecule has 1 spiro atoms. The number of piperazine rings is 1. The molecule has 0 aromatic rings. The van der Waals surface area contributed by atoms with Crippen molar-refractivity contribution in [3.05, 3.63) is 0 Å². The van der Waals surface area contributed by atoms with Crippen LogP contribution in [0, 0.1) is 5.92 Å². The average Bonchev–Trinajstić information content (AvgIpc) is 3.11. The Morgan fingerprint density at radius 3 is 2.52 bits per heavy atom. The Labute approximate surface area is 129 Å². The molecule has 4 fully saturated rings. The Hall–Kier alpha value is -0.120. The first-order valence-corrected chi connectivity index (χ1v) is 9.25. The van der Waals surface area contributed by atoms with Crippen molar-refractivity contribution in [1.82, 2.24) is 10.2 Å². The first-order valence-electron chi connectivity index (χ1n) is 9.25. The van der Waals surface area contributed by atoms with Gasteiger partial charge in [0.1, 0.15) is 0 Å². The van der Waals surface area contributed by atoms with Crippen LogP contribution >= 0.6 is 0 Å². The van der Waals surface area contributed by atoms with Gasteiger partial charge >= 0.3 is 0 Å². The highest BCUT2D eigenvalue weighted by atomic mass is 16.5. The van der Waals surface area contributed by atoms with Crippen molar-refractivity contribution < 1.29 is 4.74 Å². The van der Waals surface area contributed by atoms with Crippen LogP contribution in [0.25, 0.3) is 0 Å². The molecule has 4 rings (SSSR count). The first kappa shape index (κ1) is 14.5. The molecule has 3 atom stereocenters. The SMILES string of the molecule is CC1CCC(CN2CC3(CCCC3)NCC2(C)C2CC2)O1. The van der Waals surface area contributed by atoms with E-state index >= 15 is 0 Å². The molecule has 3 nitrogen and oxygen atoms in total. The summed E-state index contributed by atoms with van der Waals surface area (Å²) in [5.41, 5.74) is 0.807. The largest absolute Gasteiger partial charge is 0.374 e. The summed E-state index contributed by atoms with van der Waals surface area (Å²) < 4.78 is 6.15. The van der Waals surface area contributed by atoms with Gasteiger partial charge in [-0.3, -0.25) is 4.90 Å². The molecule has 4 aliphatic rings. The first-order chi connectivity index (χ1) is 10.1. The zero-order chi connectivity index (χ0) is 14.5. The predicted molar refractivity (Wildman–Crippen MR) is 85.5 cm³/mol. The second kappa shape index (κ2) is 5.21. The zero-order valence-electron chi connectivity index (χ0n) is 13.9. The highest BCUT2D eigenvalue weighted by Gasteiger charge is 2.52. The topological polar surface area (TPSA) is 24.5 Å². The van der Waals surface area contributed by atoms with Crippen LogP contribution in [0.4, 0.5) is 0 Å². The Kier molecular flexibility index (Phi) is 3.59. The molecule has 3 heteroatoms. The second-order valence-electron chi connectivity index (χ2n) is 8.50. The number of hydrogen-bond donors (Lipinski definition) is 1. The Morgan fingerprint density at radius 2 is 1.90 bits per heavy atom. The summed E-state index contributed by atoms with van der Waals surface area (Å²) in [6.07, 6.45) is 11.9. The molecule has 0 bridgehead atoms. The third-order valence-electron chi connectivity index (χ3n) is 6.80. The van der Waals surface area contributed by atoms with Crippen LogP contribution in [-0.2, 0) is 4.74 Å². The van der Waals surface area contributed by atoms with Gasteiger partial charge in [-0.25, -0.2) is 0 Å². The number of hydrogen-bond acceptors (Lipinski definition) is 3. The molecule has 2 heterocycles. The summed E-state index contributed by atoms with van der Waals surface area (Å²) in [5.74, 6) is 0.919. The van der Waals surface area contributed by atoms with E-state index in [0.29, 0.717) is 23.3 Å². The van der Waals surface area contributed by atoms with E-state index in [1.165, 1.54) is 71.0 Å². The quantitative estimate of drug-likeness (QED) is 0.865. The maximum absolute atomic E-state index is 6.15. The van der Waals surface area contributed by atoms with E-state index in [4.69, 9.17) is 4.74 Å². The molecular formula is C18H32N2O. The van der Waals surface area contributed by atoms with E-state index in [2.05, 4.69) is 24.1 Å². The van der Waals surface area contributed by atoms with Crippen molar-refractivity contribution >= 4 is 0 Å². The number of rotatable bonds is 3. The van der Waals surface area contributed by atoms with Crippen molar-refractivity contribution in [3.63, 3.8) is 0 Å². The normalized spacial score (nSPS) is 43.7. The summed E-state index contributed by atoms with van der Waals surface area (Å²) >= 11 is 0. The fraction of sp³-hybridized carbons (Fsp3) is 1.00. The lowest BCUT2D eigenvalue weighted by Crippen LogP contribution is -2.70. The van der Waals surface area contributed by atoms with Crippen molar-refractivity contribution in [2.45, 2.75) is 88.5 Å². The van der Waals surface area contributed by atoms with Gasteiger partial charge < -0.3 is 10.1 Å². The molecule has 0 aromatic carbocycles. The monoisotopic (exact) mass is 292 g/mol. The average molecular weight is 292 g/mol. The molecule has 21 heavy (non-hydrogen) atoms. The van der Waals surface area contributed by atoms with Crippen LogP contribution in [-0.4, -0.2) is 47.8 Å². The van der Waals surface area contributed by atoms with E-state index in [1.807, 2.05) is 0 Å². The molecule has 2 aliphatic carbocycles. The van der Waals surface area contributed by atoms with Gasteiger partial charge in [0.15, 0.2) is 0 Å². The van der Waals surface area contributed by atoms with Gasteiger partial charge in [-0.2, -0.15) is 0 Å². The lowest BCUT2D eigenvalue weighted by atomic mass is 9.83. The van der Waals surface area contributed by atoms with Crippen LogP contribution in [0.15, 0.2) is 0 Å². The lowest BCUT2D eigenvalue weighted by molar-refractivity contribution is -0.0418. The van der Waals surface area contributed by atoms with Gasteiger partial charge in [0.05, 0.1) is 12.2 Å². The summed E-state index contributed by atoms with van der Waals surface area (Å²) in [5, 5.41) is 3.99. The standard InChI is InChI=1S/C18H32N2O/c1-14-5-8-16(21-14)11-20-13-18(9-3-4-10-18)19-12-17(20,2)15-6-7-15/h14-16,19H,3-13H2,1-2H3. The minimum atomic E-state index is 0.378. The fourth-order valence-corrected chi connectivity index (χ4v) is 5.11. The molecule has 2 saturated carbocycles. The predicted octanol–water partition coefficient (Wildman–Crippen LogP) is 2.94. The van der Waals surface area contributed by atoms with Gasteiger partial charge in [0, 0.05) is 30.7 Å². The number of ether oxygens (including phenoxy) is 1. The van der Waals surface area contributed by atoms with E-state index in [9.17, 15) is 0 Å². The molecule has 0 amide bonds. The van der Waals surface area contributed by atoms with Crippen LogP contribution in [0.3, 0.4) is 0 Å². The van der Waals surface area contributed by atoms with Gasteiger partial charge in [-0.15, -0.1) is 0 Å². The molecule has 1 N–H and O–H groups in total. The van der Waals surface area contributed by atoms with Crippen LogP contribution in [0.5, 0.6) is 0 Å². The fourth-order valence-electron chi connectivity index (χ4n) is 5.11. The smallest absolute Gasteiger partial charge is 0.0706 e. The Bertz CT molecular complexity index is 389. The minimum Gasteiger partial charge on any atom is -0.374 e. The molecule has 2 aliphatic heterocycles. The van der Waals surface area contributed by atoms with Gasteiger partial charge in [0.25, 0.3) is 0 Å². The third-order valence-corrected chi connectivity index (χ3v) is 6.80. The van der Waals surface area contributed by atoms with Gasteiger partial charge in [-0.1, -0.05) is 12.8 Å². The van der Waals surface area contributed by atoms with Crippen molar-refractivity contribution in [1.29, 1.82) is 0 Å². The van der Waals surface area contributed by atoms with Crippen LogP contribution in [0.2, 0.25) is 0 Å². The van der Waals surface area contributed by atoms with Crippen LogP contribution in [0.1, 0.15) is 65.2 Å². The van der Waals surface area contributed by atoms with Crippen molar-refractivity contribution in [2.24, 2.45) is 5.92 Å². The van der Waals surface area contributed by atoms with E-state index in [0.717, 1.165) is 5.92 Å². The van der Waals surface area contributed by atoms with E-state index in [-0.39, 0.29) is 0 Å². The van der Waals surface area contributed by atoms with E-state index in [1.54, 1.807) is 0 Å². The van der Waals surface area contributed by atoms with Gasteiger partial charge in [0.2, 0.25) is 0 Å². The van der Waals surface area contributed by atoms with Crippen LogP contribution < -0.4 is 5.32 Å². The number of nitrogens with one attached hydrogen (secondary N) is 1. The van der Waals surface area contributed by atoms with Crippen molar-refractivity contribution in [3.8, 4) is 0 Å². The molecule has 3 unspecified atom stereocenters. The highest BCUT2D eigenvalue weighted by molar-refractivity contribution is 5.10. The lowest BCUT2D eigenvalue weighted by Gasteiger charge is -2.53. The van der Waals surface area contributed by atoms with Gasteiger partial charge in [-0.05, 0) is 58.3 Å². The molecular weight excluding hydrogens is 260 g/mol. The highest BCUT2D eigenvalue weighted by Crippen LogP contribution is 2.47. The summed E-state index contributed by atoms with van der Waals surface area (Å²) in [6.45, 7) is 8.36. The molecule has 0 aromatic heterocycles. The Morgan fingerprint density at radius 1 is 1.14 bits per heavy atom. The molecule has 2 saturated heterocycles. The summed E-state index contributed by atoms with van der Waals surface area (Å²) in [7, 11) is 0. The maximum Gasteiger partial charge on any atom is 0.0706 e. The van der Waals surface area contributed by atoms with E-state index < -0.39 is 0 Å². The number of nitrogens with zero attached hydrogens (tertiary/aromatic N) is 1. The summed E-state index contributed by atoms with van der Waals surface area (Å²) in [4.78, 5) is 2.84. The molecule has 0 radical (unpaired) electrons. The summed E-state index contributed by atoms with van der Waals surface area (Å²) in [6, 6.07) is 0. The second-order valence-corrected chi connectivity index (χ2v) is 8.50. The third kappa shape index (κ3) is 2.66. The Balaban J connectivity index is 1.49. The zero-order valence-corrected chi connectivity index (χ0v) is 13.9. The van der Waals surface area contributed by atoms with Crippen molar-refractivity contribution in [2.75, 3.05) is 19.6 Å².